The Morgan fingerprint density at radius 2 is 1.83 bits per heavy atom. The predicted molar refractivity (Wildman–Crippen MR) is 80.9 cm³/mol. The minimum absolute atomic E-state index is 0.179. The van der Waals surface area contributed by atoms with E-state index in [-0.39, 0.29) is 16.8 Å². The number of piperidine rings is 1. The second-order valence-corrected chi connectivity index (χ2v) is 7.44. The Labute approximate surface area is 135 Å². The summed E-state index contributed by atoms with van der Waals surface area (Å²) in [6.07, 6.45) is 0.937. The number of esters is 1. The minimum Gasteiger partial charge on any atom is -0.486 e. The van der Waals surface area contributed by atoms with Gasteiger partial charge >= 0.3 is 5.97 Å². The van der Waals surface area contributed by atoms with Crippen molar-refractivity contribution in [2.75, 3.05) is 33.4 Å². The Hall–Kier alpha value is -1.80. The highest BCUT2D eigenvalue weighted by atomic mass is 32.2. The number of benzene rings is 1. The van der Waals surface area contributed by atoms with Crippen LogP contribution in [0, 0.1) is 5.92 Å². The maximum Gasteiger partial charge on any atom is 0.308 e. The number of fused-ring (bicyclic) bond motifs is 1. The van der Waals surface area contributed by atoms with Crippen molar-refractivity contribution in [3.63, 3.8) is 0 Å². The van der Waals surface area contributed by atoms with Gasteiger partial charge in [0, 0.05) is 19.2 Å². The van der Waals surface area contributed by atoms with Gasteiger partial charge in [0.25, 0.3) is 0 Å². The van der Waals surface area contributed by atoms with Crippen LogP contribution in [0.1, 0.15) is 12.8 Å². The van der Waals surface area contributed by atoms with Crippen LogP contribution in [-0.2, 0) is 19.6 Å². The molecule has 8 heteroatoms. The quantitative estimate of drug-likeness (QED) is 0.764. The topological polar surface area (TPSA) is 82.1 Å². The van der Waals surface area contributed by atoms with Crippen molar-refractivity contribution >= 4 is 16.0 Å². The Morgan fingerprint density at radius 1 is 1.17 bits per heavy atom. The molecule has 0 unspecified atom stereocenters. The molecule has 7 nitrogen and oxygen atoms in total. The van der Waals surface area contributed by atoms with E-state index in [1.807, 2.05) is 0 Å². The molecule has 0 N–H and O–H groups in total. The number of methoxy groups -OCH3 is 1. The Morgan fingerprint density at radius 3 is 2.48 bits per heavy atom. The van der Waals surface area contributed by atoms with E-state index in [0.29, 0.717) is 50.6 Å². The van der Waals surface area contributed by atoms with Gasteiger partial charge in [-0.25, -0.2) is 8.42 Å². The monoisotopic (exact) mass is 341 g/mol. The number of carbonyl (C=O) groups is 1. The molecule has 0 atom stereocenters. The molecular formula is C15H19NO6S. The van der Waals surface area contributed by atoms with E-state index in [1.54, 1.807) is 6.07 Å². The molecule has 0 bridgehead atoms. The van der Waals surface area contributed by atoms with Gasteiger partial charge in [-0.2, -0.15) is 4.31 Å². The SMILES string of the molecule is COC(=O)C1CCN(S(=O)(=O)c2ccc3c(c2)OCCO3)CC1. The van der Waals surface area contributed by atoms with Crippen LogP contribution in [0.2, 0.25) is 0 Å². The van der Waals surface area contributed by atoms with Crippen LogP contribution in [0.15, 0.2) is 23.1 Å². The number of carbonyl (C=O) groups excluding carboxylic acids is 1. The van der Waals surface area contributed by atoms with Crippen molar-refractivity contribution in [2.24, 2.45) is 5.92 Å². The molecule has 1 saturated heterocycles. The smallest absolute Gasteiger partial charge is 0.308 e. The number of hydrogen-bond donors (Lipinski definition) is 0. The fourth-order valence-electron chi connectivity index (χ4n) is 2.83. The lowest BCUT2D eigenvalue weighted by atomic mass is 9.99. The second-order valence-electron chi connectivity index (χ2n) is 5.51. The minimum atomic E-state index is -3.61. The molecule has 1 aromatic rings. The van der Waals surface area contributed by atoms with Gasteiger partial charge in [-0.1, -0.05) is 0 Å². The summed E-state index contributed by atoms with van der Waals surface area (Å²) in [5.74, 6) is 0.495. The molecule has 126 valence electrons. The van der Waals surface area contributed by atoms with E-state index >= 15 is 0 Å². The molecular weight excluding hydrogens is 322 g/mol. The molecule has 1 aromatic carbocycles. The second kappa shape index (κ2) is 6.37. The van der Waals surface area contributed by atoms with Gasteiger partial charge in [0.2, 0.25) is 10.0 Å². The van der Waals surface area contributed by atoms with Gasteiger partial charge in [-0.3, -0.25) is 4.79 Å². The van der Waals surface area contributed by atoms with Crippen LogP contribution in [0.4, 0.5) is 0 Å². The zero-order chi connectivity index (χ0) is 16.4. The number of hydrogen-bond acceptors (Lipinski definition) is 6. The Balaban J connectivity index is 1.76. The van der Waals surface area contributed by atoms with Gasteiger partial charge < -0.3 is 14.2 Å². The number of sulfonamides is 1. The average molecular weight is 341 g/mol. The summed E-state index contributed by atoms with van der Waals surface area (Å²) in [5, 5.41) is 0. The largest absolute Gasteiger partial charge is 0.486 e. The zero-order valence-corrected chi connectivity index (χ0v) is 13.7. The van der Waals surface area contributed by atoms with Crippen LogP contribution in [0.25, 0.3) is 0 Å². The summed E-state index contributed by atoms with van der Waals surface area (Å²) in [7, 11) is -2.26. The first-order valence-corrected chi connectivity index (χ1v) is 8.94. The molecule has 23 heavy (non-hydrogen) atoms. The average Bonchev–Trinajstić information content (AvgIpc) is 2.60. The summed E-state index contributed by atoms with van der Waals surface area (Å²) in [6, 6.07) is 4.63. The van der Waals surface area contributed by atoms with Crippen molar-refractivity contribution in [1.82, 2.24) is 4.31 Å². The van der Waals surface area contributed by atoms with Crippen molar-refractivity contribution in [3.8, 4) is 11.5 Å². The van der Waals surface area contributed by atoms with E-state index in [2.05, 4.69) is 0 Å². The highest BCUT2D eigenvalue weighted by molar-refractivity contribution is 7.89. The molecule has 2 heterocycles. The Kier molecular flexibility index (Phi) is 4.45. The highest BCUT2D eigenvalue weighted by Crippen LogP contribution is 2.34. The van der Waals surface area contributed by atoms with Gasteiger partial charge in [0.1, 0.15) is 13.2 Å². The summed E-state index contributed by atoms with van der Waals surface area (Å²) < 4.78 is 42.4. The fraction of sp³-hybridized carbons (Fsp3) is 0.533. The maximum absolute atomic E-state index is 12.7. The van der Waals surface area contributed by atoms with E-state index in [9.17, 15) is 13.2 Å². The molecule has 0 aliphatic carbocycles. The molecule has 0 aromatic heterocycles. The van der Waals surface area contributed by atoms with E-state index in [1.165, 1.54) is 23.5 Å². The molecule has 2 aliphatic heterocycles. The lowest BCUT2D eigenvalue weighted by molar-refractivity contribution is -0.146. The van der Waals surface area contributed by atoms with Gasteiger partial charge in [0.05, 0.1) is 17.9 Å². The summed E-state index contributed by atoms with van der Waals surface area (Å²) in [5.41, 5.74) is 0. The lowest BCUT2D eigenvalue weighted by Gasteiger charge is -2.30. The van der Waals surface area contributed by atoms with Gasteiger partial charge in [-0.15, -0.1) is 0 Å². The highest BCUT2D eigenvalue weighted by Gasteiger charge is 2.33. The number of nitrogens with zero attached hydrogens (tertiary/aromatic N) is 1. The zero-order valence-electron chi connectivity index (χ0n) is 12.9. The van der Waals surface area contributed by atoms with Crippen molar-refractivity contribution in [1.29, 1.82) is 0 Å². The molecule has 2 aliphatic rings. The Bertz CT molecular complexity index is 694. The van der Waals surface area contributed by atoms with Gasteiger partial charge in [-0.05, 0) is 25.0 Å². The van der Waals surface area contributed by atoms with Crippen LogP contribution in [-0.4, -0.2) is 52.1 Å². The summed E-state index contributed by atoms with van der Waals surface area (Å²) in [6.45, 7) is 1.47. The lowest BCUT2D eigenvalue weighted by Crippen LogP contribution is -2.40. The third-order valence-electron chi connectivity index (χ3n) is 4.14. The van der Waals surface area contributed by atoms with Crippen LogP contribution >= 0.6 is 0 Å². The molecule has 0 spiro atoms. The van der Waals surface area contributed by atoms with Crippen molar-refractivity contribution in [3.05, 3.63) is 18.2 Å². The van der Waals surface area contributed by atoms with Crippen molar-refractivity contribution < 1.29 is 27.4 Å². The third kappa shape index (κ3) is 3.13. The van der Waals surface area contributed by atoms with E-state index in [4.69, 9.17) is 14.2 Å². The first-order valence-electron chi connectivity index (χ1n) is 7.50. The van der Waals surface area contributed by atoms with Crippen LogP contribution < -0.4 is 9.47 Å². The van der Waals surface area contributed by atoms with Crippen LogP contribution in [0.3, 0.4) is 0 Å². The number of ether oxygens (including phenoxy) is 3. The predicted octanol–water partition coefficient (Wildman–Crippen LogP) is 1.03. The number of rotatable bonds is 3. The first kappa shape index (κ1) is 16.1. The summed E-state index contributed by atoms with van der Waals surface area (Å²) in [4.78, 5) is 11.7. The standard InChI is InChI=1S/C15H19NO6S/c1-20-15(17)11-4-6-16(7-5-11)23(18,19)12-2-3-13-14(10-12)22-9-8-21-13/h2-3,10-11H,4-9H2,1H3. The van der Waals surface area contributed by atoms with Crippen molar-refractivity contribution in [2.45, 2.75) is 17.7 Å². The normalized spacial score (nSPS) is 19.3. The first-order chi connectivity index (χ1) is 11.0. The fourth-order valence-corrected chi connectivity index (χ4v) is 4.32. The van der Waals surface area contributed by atoms with E-state index in [0.717, 1.165) is 0 Å². The molecule has 0 saturated carbocycles. The summed E-state index contributed by atoms with van der Waals surface area (Å²) >= 11 is 0. The molecule has 0 radical (unpaired) electrons. The van der Waals surface area contributed by atoms with Crippen LogP contribution in [0.5, 0.6) is 11.5 Å². The molecule has 3 rings (SSSR count). The van der Waals surface area contributed by atoms with Gasteiger partial charge in [0.15, 0.2) is 11.5 Å². The third-order valence-corrected chi connectivity index (χ3v) is 6.03. The maximum atomic E-state index is 12.7. The molecule has 0 amide bonds. The van der Waals surface area contributed by atoms with E-state index < -0.39 is 10.0 Å². The molecule has 1 fully saturated rings.